The number of hydrogen-bond acceptors (Lipinski definition) is 4. The van der Waals surface area contributed by atoms with Gasteiger partial charge in [0.2, 0.25) is 0 Å². The van der Waals surface area contributed by atoms with Crippen LogP contribution in [0.25, 0.3) is 11.3 Å². The van der Waals surface area contributed by atoms with Crippen molar-refractivity contribution in [3.63, 3.8) is 0 Å². The Kier molecular flexibility index (Phi) is 4.97. The maximum Gasteiger partial charge on any atom is 0.343 e. The van der Waals surface area contributed by atoms with E-state index in [0.29, 0.717) is 13.2 Å². The third-order valence-electron chi connectivity index (χ3n) is 5.32. The Morgan fingerprint density at radius 2 is 1.93 bits per heavy atom. The fraction of sp³-hybridized carbons (Fsp3) is 0.250. The van der Waals surface area contributed by atoms with Gasteiger partial charge in [-0.2, -0.15) is 0 Å². The summed E-state index contributed by atoms with van der Waals surface area (Å²) in [7, 11) is 1.29. The number of carbonyl (C=O) groups is 1. The van der Waals surface area contributed by atoms with Crippen molar-refractivity contribution in [3.05, 3.63) is 87.2 Å². The van der Waals surface area contributed by atoms with E-state index in [2.05, 4.69) is 0 Å². The van der Waals surface area contributed by atoms with Crippen LogP contribution in [0.1, 0.15) is 39.9 Å². The highest BCUT2D eigenvalue weighted by Gasteiger charge is 2.28. The first kappa shape index (κ1) is 19.0. The molecule has 0 fully saturated rings. The van der Waals surface area contributed by atoms with Crippen LogP contribution in [0.4, 0.5) is 0 Å². The van der Waals surface area contributed by atoms with E-state index in [9.17, 15) is 9.59 Å². The van der Waals surface area contributed by atoms with Crippen molar-refractivity contribution < 1.29 is 14.3 Å². The van der Waals surface area contributed by atoms with Crippen molar-refractivity contribution in [2.24, 2.45) is 0 Å². The van der Waals surface area contributed by atoms with Gasteiger partial charge in [0, 0.05) is 11.5 Å². The summed E-state index contributed by atoms with van der Waals surface area (Å²) in [6, 6.07) is 17.4. The number of hydrogen-bond donors (Lipinski definition) is 0. The van der Waals surface area contributed by atoms with E-state index in [1.807, 2.05) is 62.4 Å². The van der Waals surface area contributed by atoms with Crippen LogP contribution >= 0.6 is 0 Å². The second-order valence-electron chi connectivity index (χ2n) is 7.44. The molecule has 1 aliphatic heterocycles. The number of aromatic nitrogens is 1. The van der Waals surface area contributed by atoms with Crippen LogP contribution in [-0.4, -0.2) is 24.3 Å². The standard InChI is InChI=1S/C24H23NO4/c1-15-9-10-21-19(11-15)22-18(16(2)14-29-21)12-20(24(27)28-3)23(26)25(22)13-17-7-5-4-6-8-17/h4-12,16H,13-14H2,1-3H3/t16-/m1/s1. The second kappa shape index (κ2) is 7.59. The molecule has 148 valence electrons. The molecule has 0 saturated heterocycles. The number of pyridine rings is 1. The van der Waals surface area contributed by atoms with Crippen molar-refractivity contribution in [2.45, 2.75) is 26.3 Å². The van der Waals surface area contributed by atoms with E-state index in [1.54, 1.807) is 10.6 Å². The van der Waals surface area contributed by atoms with Gasteiger partial charge in [-0.3, -0.25) is 4.79 Å². The highest BCUT2D eigenvalue weighted by molar-refractivity contribution is 5.90. The third kappa shape index (κ3) is 3.44. The maximum absolute atomic E-state index is 13.4. The zero-order chi connectivity index (χ0) is 20.5. The van der Waals surface area contributed by atoms with Crippen molar-refractivity contribution >= 4 is 5.97 Å². The highest BCUT2D eigenvalue weighted by Crippen LogP contribution is 2.39. The molecule has 0 amide bonds. The van der Waals surface area contributed by atoms with Gasteiger partial charge in [-0.15, -0.1) is 0 Å². The van der Waals surface area contributed by atoms with E-state index in [4.69, 9.17) is 9.47 Å². The zero-order valence-corrected chi connectivity index (χ0v) is 16.8. The molecule has 5 nitrogen and oxygen atoms in total. The minimum absolute atomic E-state index is 0.00346. The zero-order valence-electron chi connectivity index (χ0n) is 16.8. The summed E-state index contributed by atoms with van der Waals surface area (Å²) in [5.41, 5.74) is 4.31. The Hall–Kier alpha value is -3.34. The highest BCUT2D eigenvalue weighted by atomic mass is 16.5. The summed E-state index contributed by atoms with van der Waals surface area (Å²) in [6.45, 7) is 4.87. The lowest BCUT2D eigenvalue weighted by molar-refractivity contribution is 0.0598. The second-order valence-corrected chi connectivity index (χ2v) is 7.44. The number of methoxy groups -OCH3 is 1. The van der Waals surface area contributed by atoms with Crippen LogP contribution in [0.2, 0.25) is 0 Å². The summed E-state index contributed by atoms with van der Waals surface area (Å²) in [6.07, 6.45) is 0. The smallest absolute Gasteiger partial charge is 0.343 e. The van der Waals surface area contributed by atoms with E-state index >= 15 is 0 Å². The Morgan fingerprint density at radius 3 is 2.66 bits per heavy atom. The number of ether oxygens (including phenoxy) is 2. The summed E-state index contributed by atoms with van der Waals surface area (Å²) >= 11 is 0. The molecule has 29 heavy (non-hydrogen) atoms. The molecule has 5 heteroatoms. The number of esters is 1. The molecule has 2 aromatic carbocycles. The van der Waals surface area contributed by atoms with Crippen LogP contribution in [0.3, 0.4) is 0 Å². The van der Waals surface area contributed by atoms with Gasteiger partial charge in [-0.1, -0.05) is 48.9 Å². The molecule has 1 atom stereocenters. The molecule has 0 N–H and O–H groups in total. The number of carbonyl (C=O) groups excluding carboxylic acids is 1. The molecular weight excluding hydrogens is 366 g/mol. The lowest BCUT2D eigenvalue weighted by Crippen LogP contribution is -2.30. The predicted molar refractivity (Wildman–Crippen MR) is 112 cm³/mol. The first-order chi connectivity index (χ1) is 14.0. The molecule has 1 aromatic heterocycles. The topological polar surface area (TPSA) is 57.5 Å². The van der Waals surface area contributed by atoms with Crippen LogP contribution < -0.4 is 10.3 Å². The van der Waals surface area contributed by atoms with Crippen LogP contribution in [0.5, 0.6) is 5.75 Å². The van der Waals surface area contributed by atoms with E-state index in [1.165, 1.54) is 7.11 Å². The Labute approximate surface area is 169 Å². The maximum atomic E-state index is 13.4. The molecule has 3 aromatic rings. The third-order valence-corrected chi connectivity index (χ3v) is 5.32. The molecule has 1 aliphatic rings. The van der Waals surface area contributed by atoms with Gasteiger partial charge in [0.1, 0.15) is 11.3 Å². The monoisotopic (exact) mass is 389 g/mol. The van der Waals surface area contributed by atoms with Gasteiger partial charge in [-0.25, -0.2) is 4.79 Å². The number of aryl methyl sites for hydroxylation is 1. The number of benzene rings is 2. The van der Waals surface area contributed by atoms with Gasteiger partial charge < -0.3 is 14.0 Å². The predicted octanol–water partition coefficient (Wildman–Crippen LogP) is 4.15. The van der Waals surface area contributed by atoms with E-state index in [0.717, 1.165) is 33.7 Å². The molecule has 0 spiro atoms. The normalized spacial score (nSPS) is 14.9. The average Bonchev–Trinajstić information content (AvgIpc) is 2.86. The SMILES string of the molecule is COC(=O)c1cc2c(n(Cc3ccccc3)c1=O)-c1cc(C)ccc1OC[C@H]2C. The van der Waals surface area contributed by atoms with Crippen LogP contribution in [0.15, 0.2) is 59.4 Å². The minimum Gasteiger partial charge on any atom is -0.492 e. The molecule has 0 aliphatic carbocycles. The molecule has 0 saturated carbocycles. The van der Waals surface area contributed by atoms with Gasteiger partial charge >= 0.3 is 5.97 Å². The Morgan fingerprint density at radius 1 is 1.17 bits per heavy atom. The molecule has 4 rings (SSSR count). The van der Waals surface area contributed by atoms with Crippen molar-refractivity contribution in [3.8, 4) is 17.0 Å². The van der Waals surface area contributed by atoms with Crippen molar-refractivity contribution in [1.29, 1.82) is 0 Å². The fourth-order valence-corrected chi connectivity index (χ4v) is 3.80. The lowest BCUT2D eigenvalue weighted by Gasteiger charge is -2.20. The lowest BCUT2D eigenvalue weighted by atomic mass is 9.94. The molecule has 0 bridgehead atoms. The average molecular weight is 389 g/mol. The number of rotatable bonds is 3. The molecule has 2 heterocycles. The van der Waals surface area contributed by atoms with Gasteiger partial charge in [0.25, 0.3) is 5.56 Å². The Bertz CT molecular complexity index is 1130. The summed E-state index contributed by atoms with van der Waals surface area (Å²) in [5, 5.41) is 0. The van der Waals surface area contributed by atoms with Gasteiger partial charge in [0.15, 0.2) is 0 Å². The first-order valence-corrected chi connectivity index (χ1v) is 9.63. The largest absolute Gasteiger partial charge is 0.492 e. The van der Waals surface area contributed by atoms with Crippen LogP contribution in [0, 0.1) is 6.92 Å². The van der Waals surface area contributed by atoms with Crippen LogP contribution in [-0.2, 0) is 11.3 Å². The van der Waals surface area contributed by atoms with Gasteiger partial charge in [0.05, 0.1) is 26.0 Å². The molecule has 0 radical (unpaired) electrons. The fourth-order valence-electron chi connectivity index (χ4n) is 3.80. The summed E-state index contributed by atoms with van der Waals surface area (Å²) in [4.78, 5) is 25.7. The molecule has 0 unspecified atom stereocenters. The number of fused-ring (bicyclic) bond motifs is 3. The number of nitrogens with zero attached hydrogens (tertiary/aromatic N) is 1. The minimum atomic E-state index is -0.624. The quantitative estimate of drug-likeness (QED) is 0.632. The van der Waals surface area contributed by atoms with E-state index in [-0.39, 0.29) is 17.0 Å². The van der Waals surface area contributed by atoms with Gasteiger partial charge in [-0.05, 0) is 36.2 Å². The first-order valence-electron chi connectivity index (χ1n) is 9.63. The van der Waals surface area contributed by atoms with E-state index < -0.39 is 5.97 Å². The van der Waals surface area contributed by atoms with Crippen molar-refractivity contribution in [1.82, 2.24) is 4.57 Å². The van der Waals surface area contributed by atoms with Crippen molar-refractivity contribution in [2.75, 3.05) is 13.7 Å². The molecular formula is C24H23NO4. The summed E-state index contributed by atoms with van der Waals surface area (Å²) < 4.78 is 12.6. The summed E-state index contributed by atoms with van der Waals surface area (Å²) in [5.74, 6) is 0.124. The Balaban J connectivity index is 2.06.